The minimum atomic E-state index is -0.309. The second-order valence-electron chi connectivity index (χ2n) is 2.21. The Kier molecular flexibility index (Phi) is 1.58. The third-order valence-electron chi connectivity index (χ3n) is 1.37. The maximum absolute atomic E-state index is 12.9. The fraction of sp³-hybridized carbons (Fsp3) is 0. The number of halogens is 1. The first-order valence-electron chi connectivity index (χ1n) is 3.23. The number of thiophene rings is 1. The minimum absolute atomic E-state index is 0.262. The first kappa shape index (κ1) is 7.30. The molecule has 2 rings (SSSR count). The summed E-state index contributed by atoms with van der Waals surface area (Å²) in [4.78, 5) is 0.430. The summed E-state index contributed by atoms with van der Waals surface area (Å²) in [5.74, 6) is 0.328. The number of hydrogen-bond donors (Lipinski definition) is 1. The number of hydrogen-bond acceptors (Lipinski definition) is 4. The summed E-state index contributed by atoms with van der Waals surface area (Å²) in [6, 6.07) is 2.87. The molecule has 0 fully saturated rings. The van der Waals surface area contributed by atoms with Crippen molar-refractivity contribution in [3.63, 3.8) is 0 Å². The lowest BCUT2D eigenvalue weighted by Gasteiger charge is -1.86. The molecule has 0 bridgehead atoms. The molecule has 3 nitrogen and oxygen atoms in total. The molecule has 0 atom stereocenters. The molecule has 0 unspecified atom stereocenters. The van der Waals surface area contributed by atoms with Crippen LogP contribution in [0.15, 0.2) is 22.0 Å². The van der Waals surface area contributed by atoms with Gasteiger partial charge in [0.25, 0.3) is 0 Å². The molecular weight excluding hydrogens is 179 g/mol. The lowest BCUT2D eigenvalue weighted by atomic mass is 10.3. The Hall–Kier alpha value is -1.36. The molecule has 0 amide bonds. The van der Waals surface area contributed by atoms with Crippen LogP contribution in [-0.4, -0.2) is 5.16 Å². The average molecular weight is 184 g/mol. The van der Waals surface area contributed by atoms with Crippen LogP contribution in [0.1, 0.15) is 0 Å². The molecule has 12 heavy (non-hydrogen) atoms. The highest BCUT2D eigenvalue weighted by atomic mass is 32.1. The molecule has 0 aliphatic carbocycles. The number of anilines is 1. The number of nitrogens with two attached hydrogens (primary N) is 1. The predicted molar refractivity (Wildman–Crippen MR) is 44.2 cm³/mol. The van der Waals surface area contributed by atoms with Gasteiger partial charge in [0, 0.05) is 6.07 Å². The molecule has 0 saturated heterocycles. The van der Waals surface area contributed by atoms with Crippen LogP contribution in [0.4, 0.5) is 10.2 Å². The van der Waals surface area contributed by atoms with E-state index in [4.69, 9.17) is 10.3 Å². The molecule has 2 heterocycles. The Morgan fingerprint density at radius 1 is 1.58 bits per heavy atom. The van der Waals surface area contributed by atoms with Crippen LogP contribution in [0.5, 0.6) is 0 Å². The van der Waals surface area contributed by atoms with Crippen molar-refractivity contribution in [3.8, 4) is 10.6 Å². The van der Waals surface area contributed by atoms with E-state index in [0.29, 0.717) is 10.6 Å². The Bertz CT molecular complexity index is 396. The fourth-order valence-electron chi connectivity index (χ4n) is 0.865. The van der Waals surface area contributed by atoms with E-state index in [0.717, 1.165) is 0 Å². The fourth-order valence-corrected chi connectivity index (χ4v) is 1.58. The first-order chi connectivity index (χ1) is 5.77. The second kappa shape index (κ2) is 2.60. The van der Waals surface area contributed by atoms with Gasteiger partial charge < -0.3 is 10.3 Å². The third kappa shape index (κ3) is 1.08. The standard InChI is InChI=1S/C7H5FN2OS/c8-4-1-2-12-7(4)5-3-6(9)10-11-5/h1-3H,(H2,9,10). The van der Waals surface area contributed by atoms with Gasteiger partial charge in [-0.3, -0.25) is 0 Å². The van der Waals surface area contributed by atoms with Gasteiger partial charge in [-0.1, -0.05) is 5.16 Å². The Morgan fingerprint density at radius 2 is 2.42 bits per heavy atom. The monoisotopic (exact) mass is 184 g/mol. The van der Waals surface area contributed by atoms with Crippen LogP contribution < -0.4 is 5.73 Å². The minimum Gasteiger partial charge on any atom is -0.381 e. The molecule has 2 aromatic heterocycles. The van der Waals surface area contributed by atoms with E-state index >= 15 is 0 Å². The van der Waals surface area contributed by atoms with Gasteiger partial charge in [0.15, 0.2) is 11.6 Å². The van der Waals surface area contributed by atoms with Crippen LogP contribution in [0, 0.1) is 5.82 Å². The van der Waals surface area contributed by atoms with Gasteiger partial charge in [0.1, 0.15) is 10.7 Å². The van der Waals surface area contributed by atoms with Gasteiger partial charge in [-0.2, -0.15) is 0 Å². The van der Waals surface area contributed by atoms with E-state index in [2.05, 4.69) is 5.16 Å². The lowest BCUT2D eigenvalue weighted by Crippen LogP contribution is -1.79. The van der Waals surface area contributed by atoms with Gasteiger partial charge in [-0.15, -0.1) is 11.3 Å². The molecule has 2 N–H and O–H groups in total. The molecule has 0 aliphatic rings. The van der Waals surface area contributed by atoms with E-state index in [1.807, 2.05) is 0 Å². The van der Waals surface area contributed by atoms with Crippen molar-refractivity contribution in [1.29, 1.82) is 0 Å². The van der Waals surface area contributed by atoms with Crippen LogP contribution in [-0.2, 0) is 0 Å². The predicted octanol–water partition coefficient (Wildman–Crippen LogP) is 2.12. The molecule has 2 aromatic rings. The van der Waals surface area contributed by atoms with Crippen molar-refractivity contribution in [2.24, 2.45) is 0 Å². The van der Waals surface area contributed by atoms with E-state index < -0.39 is 0 Å². The molecule has 0 spiro atoms. The van der Waals surface area contributed by atoms with Gasteiger partial charge in [-0.25, -0.2) is 4.39 Å². The summed E-state index contributed by atoms with van der Waals surface area (Å²) in [6.45, 7) is 0. The first-order valence-corrected chi connectivity index (χ1v) is 4.11. The summed E-state index contributed by atoms with van der Waals surface area (Å²) < 4.78 is 17.7. The number of nitrogens with zero attached hydrogens (tertiary/aromatic N) is 1. The van der Waals surface area contributed by atoms with Crippen molar-refractivity contribution in [3.05, 3.63) is 23.3 Å². The van der Waals surface area contributed by atoms with Crippen molar-refractivity contribution in [2.45, 2.75) is 0 Å². The Morgan fingerprint density at radius 3 is 2.92 bits per heavy atom. The zero-order valence-electron chi connectivity index (χ0n) is 5.95. The Labute approximate surface area is 71.6 Å². The summed E-state index contributed by atoms with van der Waals surface area (Å²) in [5.41, 5.74) is 5.31. The topological polar surface area (TPSA) is 52.0 Å². The lowest BCUT2D eigenvalue weighted by molar-refractivity contribution is 0.434. The smallest absolute Gasteiger partial charge is 0.181 e. The van der Waals surface area contributed by atoms with Crippen molar-refractivity contribution in [2.75, 3.05) is 5.73 Å². The van der Waals surface area contributed by atoms with Crippen LogP contribution in [0.2, 0.25) is 0 Å². The molecule has 5 heteroatoms. The maximum atomic E-state index is 12.9. The van der Waals surface area contributed by atoms with Gasteiger partial charge in [-0.05, 0) is 11.4 Å². The third-order valence-corrected chi connectivity index (χ3v) is 2.27. The van der Waals surface area contributed by atoms with Crippen LogP contribution >= 0.6 is 11.3 Å². The molecule has 0 saturated carbocycles. The molecular formula is C7H5FN2OS. The van der Waals surface area contributed by atoms with Gasteiger partial charge in [0.2, 0.25) is 0 Å². The normalized spacial score (nSPS) is 10.4. The molecule has 0 aromatic carbocycles. The van der Waals surface area contributed by atoms with E-state index in [1.54, 1.807) is 5.38 Å². The molecule has 0 aliphatic heterocycles. The van der Waals surface area contributed by atoms with Crippen molar-refractivity contribution in [1.82, 2.24) is 5.16 Å². The van der Waals surface area contributed by atoms with Gasteiger partial charge in [0.05, 0.1) is 0 Å². The number of nitrogen functional groups attached to an aromatic ring is 1. The largest absolute Gasteiger partial charge is 0.381 e. The van der Waals surface area contributed by atoms with E-state index in [9.17, 15) is 4.39 Å². The molecule has 62 valence electrons. The van der Waals surface area contributed by atoms with Crippen LogP contribution in [0.3, 0.4) is 0 Å². The summed E-state index contributed by atoms with van der Waals surface area (Å²) in [5, 5.41) is 5.10. The van der Waals surface area contributed by atoms with Crippen molar-refractivity contribution < 1.29 is 8.91 Å². The zero-order valence-corrected chi connectivity index (χ0v) is 6.77. The average Bonchev–Trinajstić information content (AvgIpc) is 2.58. The van der Waals surface area contributed by atoms with Gasteiger partial charge >= 0.3 is 0 Å². The highest BCUT2D eigenvalue weighted by molar-refractivity contribution is 7.13. The Balaban J connectivity index is 2.50. The van der Waals surface area contributed by atoms with E-state index in [-0.39, 0.29) is 11.6 Å². The highest BCUT2D eigenvalue weighted by Gasteiger charge is 2.10. The quantitative estimate of drug-likeness (QED) is 0.738. The summed E-state index contributed by atoms with van der Waals surface area (Å²) >= 11 is 1.25. The second-order valence-corrected chi connectivity index (χ2v) is 3.13. The number of rotatable bonds is 1. The SMILES string of the molecule is Nc1cc(-c2sccc2F)on1. The molecule has 0 radical (unpaired) electrons. The van der Waals surface area contributed by atoms with Crippen molar-refractivity contribution >= 4 is 17.2 Å². The summed E-state index contributed by atoms with van der Waals surface area (Å²) in [6.07, 6.45) is 0. The maximum Gasteiger partial charge on any atom is 0.181 e. The van der Waals surface area contributed by atoms with E-state index in [1.165, 1.54) is 23.5 Å². The van der Waals surface area contributed by atoms with Crippen LogP contribution in [0.25, 0.3) is 10.6 Å². The number of aromatic nitrogens is 1. The zero-order chi connectivity index (χ0) is 8.55. The highest BCUT2D eigenvalue weighted by Crippen LogP contribution is 2.28. The summed E-state index contributed by atoms with van der Waals surface area (Å²) in [7, 11) is 0.